The predicted molar refractivity (Wildman–Crippen MR) is 99.1 cm³/mol. The molecule has 0 bridgehead atoms. The molecule has 0 amide bonds. The van der Waals surface area contributed by atoms with Gasteiger partial charge in [-0.1, -0.05) is 30.3 Å². The molecule has 1 aromatic carbocycles. The summed E-state index contributed by atoms with van der Waals surface area (Å²) in [4.78, 5) is 8.66. The van der Waals surface area contributed by atoms with Crippen LogP contribution in [0.25, 0.3) is 11.2 Å². The number of benzene rings is 1. The van der Waals surface area contributed by atoms with Crippen LogP contribution in [-0.4, -0.2) is 59.3 Å². The van der Waals surface area contributed by atoms with Gasteiger partial charge in [-0.25, -0.2) is 9.97 Å². The Morgan fingerprint density at radius 1 is 1.18 bits per heavy atom. The molecule has 9 nitrogen and oxygen atoms in total. The number of fused-ring (bicyclic) bond motifs is 1. The van der Waals surface area contributed by atoms with E-state index in [-0.39, 0.29) is 5.49 Å². The van der Waals surface area contributed by atoms with Gasteiger partial charge in [-0.05, 0) is 12.0 Å². The molecule has 0 radical (unpaired) electrons. The van der Waals surface area contributed by atoms with E-state index in [0.717, 1.165) is 5.56 Å². The zero-order valence-corrected chi connectivity index (χ0v) is 15.4. The van der Waals surface area contributed by atoms with Crippen molar-refractivity contribution < 1.29 is 20.1 Å². The molecule has 0 aliphatic carbocycles. The highest BCUT2D eigenvalue weighted by Crippen LogP contribution is 2.40. The minimum Gasteiger partial charge on any atom is -0.394 e. The zero-order valence-electron chi connectivity index (χ0n) is 15.4. The van der Waals surface area contributed by atoms with Crippen molar-refractivity contribution in [3.8, 4) is 0 Å². The van der Waals surface area contributed by atoms with Crippen LogP contribution in [0.3, 0.4) is 0 Å². The van der Waals surface area contributed by atoms with Crippen molar-refractivity contribution in [2.24, 2.45) is 7.05 Å². The molecule has 4 rings (SSSR count). The maximum Gasteiger partial charge on any atom is 0.176 e. The number of nitrogens with zero attached hydrogens (tertiary/aromatic N) is 4. The van der Waals surface area contributed by atoms with Gasteiger partial charge in [0.15, 0.2) is 16.9 Å². The summed E-state index contributed by atoms with van der Waals surface area (Å²) in [5, 5.41) is 39.1. The molecule has 0 unspecified atom stereocenters. The van der Waals surface area contributed by atoms with E-state index in [1.807, 2.05) is 30.3 Å². The van der Waals surface area contributed by atoms with Crippen molar-refractivity contribution >= 4 is 11.2 Å². The molecule has 4 N–H and O–H groups in total. The maximum atomic E-state index is 10.9. The van der Waals surface area contributed by atoms with Gasteiger partial charge in [-0.3, -0.25) is 9.98 Å². The molecule has 1 aliphatic rings. The van der Waals surface area contributed by atoms with Crippen LogP contribution in [0.15, 0.2) is 43.0 Å². The van der Waals surface area contributed by atoms with Gasteiger partial charge >= 0.3 is 0 Å². The molecular formula is C19H23N5O4. The van der Waals surface area contributed by atoms with Crippen LogP contribution in [-0.2, 0) is 23.9 Å². The molecule has 1 aliphatic heterocycles. The summed E-state index contributed by atoms with van der Waals surface area (Å²) in [6, 6.07) is 9.73. The number of aromatic nitrogens is 4. The summed E-state index contributed by atoms with van der Waals surface area (Å²) in [7, 11) is 1.70. The Kier molecular flexibility index (Phi) is 4.76. The Morgan fingerprint density at radius 2 is 1.93 bits per heavy atom. The van der Waals surface area contributed by atoms with Crippen molar-refractivity contribution in [1.29, 1.82) is 5.41 Å². The van der Waals surface area contributed by atoms with Crippen molar-refractivity contribution in [3.63, 3.8) is 0 Å². The Morgan fingerprint density at radius 3 is 2.61 bits per heavy atom. The van der Waals surface area contributed by atoms with Crippen LogP contribution < -0.4 is 5.49 Å². The molecule has 148 valence electrons. The van der Waals surface area contributed by atoms with Crippen molar-refractivity contribution in [2.75, 3.05) is 6.61 Å². The number of hydrogen-bond acceptors (Lipinski definition) is 7. The van der Waals surface area contributed by atoms with Crippen LogP contribution in [0.2, 0.25) is 0 Å². The van der Waals surface area contributed by atoms with E-state index in [9.17, 15) is 15.3 Å². The molecule has 0 spiro atoms. The summed E-state index contributed by atoms with van der Waals surface area (Å²) in [5.41, 5.74) is 0.595. The first-order valence-corrected chi connectivity index (χ1v) is 9.10. The highest BCUT2D eigenvalue weighted by atomic mass is 16.6. The van der Waals surface area contributed by atoms with Crippen LogP contribution in [0.4, 0.5) is 0 Å². The summed E-state index contributed by atoms with van der Waals surface area (Å²) >= 11 is 0. The normalized spacial score (nSPS) is 27.5. The fourth-order valence-corrected chi connectivity index (χ4v) is 3.79. The first-order chi connectivity index (χ1) is 13.5. The van der Waals surface area contributed by atoms with Gasteiger partial charge in [0.1, 0.15) is 23.8 Å². The largest absolute Gasteiger partial charge is 0.394 e. The van der Waals surface area contributed by atoms with E-state index in [1.165, 1.54) is 17.2 Å². The van der Waals surface area contributed by atoms with Gasteiger partial charge in [-0.2, -0.15) is 0 Å². The lowest BCUT2D eigenvalue weighted by Crippen LogP contribution is -2.46. The third-order valence-corrected chi connectivity index (χ3v) is 5.40. The molecule has 1 fully saturated rings. The van der Waals surface area contributed by atoms with Gasteiger partial charge in [0.05, 0.1) is 19.3 Å². The molecular weight excluding hydrogens is 362 g/mol. The first-order valence-electron chi connectivity index (χ1n) is 9.10. The highest BCUT2D eigenvalue weighted by Gasteiger charge is 2.55. The molecule has 2 aromatic heterocycles. The first kappa shape index (κ1) is 18.8. The Bertz CT molecular complexity index is 1030. The quantitative estimate of drug-likeness (QED) is 0.475. The third kappa shape index (κ3) is 2.83. The van der Waals surface area contributed by atoms with E-state index in [2.05, 4.69) is 9.97 Å². The monoisotopic (exact) mass is 385 g/mol. The lowest BCUT2D eigenvalue weighted by Gasteiger charge is -2.34. The topological polar surface area (TPSA) is 129 Å². The standard InChI is InChI=1S/C19H23N5O4/c1-23-10-22-18-14(17(23)20)21-11-24(18)19(8-7-12-5-3-2-4-6-12)16(27)15(26)13(9-25)28-19/h2-6,10-11,13,15-16,20,25-27H,7-9H2,1H3/t13-,15-,16-,19-/m1/s1. The zero-order chi connectivity index (χ0) is 19.9. The average Bonchev–Trinajstić information content (AvgIpc) is 3.25. The molecule has 9 heteroatoms. The fraction of sp³-hybridized carbons (Fsp3) is 0.421. The highest BCUT2D eigenvalue weighted by molar-refractivity contribution is 5.69. The van der Waals surface area contributed by atoms with Crippen LogP contribution in [0.5, 0.6) is 0 Å². The van der Waals surface area contributed by atoms with Crippen molar-refractivity contribution in [1.82, 2.24) is 19.1 Å². The Balaban J connectivity index is 1.82. The van der Waals surface area contributed by atoms with Gasteiger partial charge in [0, 0.05) is 13.5 Å². The number of aliphatic hydroxyl groups excluding tert-OH is 3. The van der Waals surface area contributed by atoms with Gasteiger partial charge in [0.25, 0.3) is 0 Å². The SMILES string of the molecule is Cn1cnc2c(ncn2[C@]2(CCc3ccccc3)O[C@H](CO)[C@@H](O)[C@H]2O)c1=N. The van der Waals surface area contributed by atoms with Crippen LogP contribution in [0.1, 0.15) is 12.0 Å². The van der Waals surface area contributed by atoms with E-state index in [1.54, 1.807) is 11.6 Å². The lowest BCUT2D eigenvalue weighted by atomic mass is 9.95. The molecule has 3 aromatic rings. The second kappa shape index (κ2) is 7.10. The minimum atomic E-state index is -1.36. The van der Waals surface area contributed by atoms with Gasteiger partial charge < -0.3 is 24.6 Å². The molecule has 4 atom stereocenters. The predicted octanol–water partition coefficient (Wildman–Crippen LogP) is -0.352. The molecule has 0 saturated carbocycles. The smallest absolute Gasteiger partial charge is 0.176 e. The Hall–Kier alpha value is -2.59. The van der Waals surface area contributed by atoms with E-state index >= 15 is 0 Å². The van der Waals surface area contributed by atoms with E-state index in [0.29, 0.717) is 24.0 Å². The van der Waals surface area contributed by atoms with Crippen molar-refractivity contribution in [3.05, 3.63) is 54.0 Å². The second-order valence-corrected chi connectivity index (χ2v) is 7.10. The van der Waals surface area contributed by atoms with Crippen molar-refractivity contribution in [2.45, 2.75) is 36.9 Å². The average molecular weight is 385 g/mol. The Labute approximate surface area is 161 Å². The second-order valence-electron chi connectivity index (χ2n) is 7.10. The number of ether oxygens (including phenoxy) is 1. The molecule has 3 heterocycles. The lowest BCUT2D eigenvalue weighted by molar-refractivity contribution is -0.150. The molecule has 28 heavy (non-hydrogen) atoms. The molecule has 1 saturated heterocycles. The number of rotatable bonds is 5. The van der Waals surface area contributed by atoms with Gasteiger partial charge in [-0.15, -0.1) is 0 Å². The van der Waals surface area contributed by atoms with Crippen LogP contribution >= 0.6 is 0 Å². The maximum absolute atomic E-state index is 10.9. The van der Waals surface area contributed by atoms with Gasteiger partial charge in [0.2, 0.25) is 0 Å². The van der Waals surface area contributed by atoms with Crippen LogP contribution in [0, 0.1) is 5.41 Å². The number of nitrogens with one attached hydrogen (secondary N) is 1. The third-order valence-electron chi connectivity index (χ3n) is 5.40. The fourth-order valence-electron chi connectivity index (χ4n) is 3.79. The van der Waals surface area contributed by atoms with E-state index in [4.69, 9.17) is 10.1 Å². The summed E-state index contributed by atoms with van der Waals surface area (Å²) in [5.74, 6) is 0. The number of imidazole rings is 1. The number of aryl methyl sites for hydroxylation is 2. The minimum absolute atomic E-state index is 0.175. The summed E-state index contributed by atoms with van der Waals surface area (Å²) < 4.78 is 9.14. The summed E-state index contributed by atoms with van der Waals surface area (Å²) in [6.07, 6.45) is 0.373. The number of hydrogen-bond donors (Lipinski definition) is 4. The van der Waals surface area contributed by atoms with E-state index < -0.39 is 30.6 Å². The number of aliphatic hydroxyl groups is 3. The summed E-state index contributed by atoms with van der Waals surface area (Å²) in [6.45, 7) is -0.427.